The molecule has 0 aromatic carbocycles. The Bertz CT molecular complexity index is 250. The second-order valence-electron chi connectivity index (χ2n) is 7.05. The van der Waals surface area contributed by atoms with Gasteiger partial charge in [0.05, 0.1) is 0 Å². The number of hydrogen-bond acceptors (Lipinski definition) is 1. The molecular formula is C18H37BO. The smallest absolute Gasteiger partial charge is 0.133 e. The standard InChI is InChI=1S/C18H37BO/c1-5-7-9-11-13-15-18(4,17(20)16(3)19)14-12-10-8-6-2/h16H,5-15,19H2,1-4H3. The van der Waals surface area contributed by atoms with Crippen molar-refractivity contribution < 1.29 is 4.79 Å². The lowest BCUT2D eigenvalue weighted by Crippen LogP contribution is -2.30. The molecule has 0 heterocycles. The highest BCUT2D eigenvalue weighted by atomic mass is 16.1. The minimum atomic E-state index is -0.0614. The third-order valence-electron chi connectivity index (χ3n) is 4.53. The molecule has 0 fully saturated rings. The zero-order chi connectivity index (χ0) is 15.4. The molecule has 2 heteroatoms. The first-order valence-corrected chi connectivity index (χ1v) is 9.02. The summed E-state index contributed by atoms with van der Waals surface area (Å²) in [5, 5.41) is 0. The first kappa shape index (κ1) is 19.7. The number of hydrogen-bond donors (Lipinski definition) is 0. The molecule has 0 saturated heterocycles. The lowest BCUT2D eigenvalue weighted by atomic mass is 9.68. The molecule has 0 bridgehead atoms. The van der Waals surface area contributed by atoms with E-state index in [9.17, 15) is 4.79 Å². The fraction of sp³-hybridized carbons (Fsp3) is 0.944. The first-order chi connectivity index (χ1) is 9.48. The van der Waals surface area contributed by atoms with Crippen LogP contribution < -0.4 is 0 Å². The summed E-state index contributed by atoms with van der Waals surface area (Å²) < 4.78 is 0. The largest absolute Gasteiger partial charge is 0.300 e. The number of carbonyl (C=O) groups excluding carboxylic acids is 1. The van der Waals surface area contributed by atoms with Crippen molar-refractivity contribution >= 4 is 13.6 Å². The van der Waals surface area contributed by atoms with Crippen LogP contribution in [0.2, 0.25) is 5.82 Å². The van der Waals surface area contributed by atoms with E-state index >= 15 is 0 Å². The number of ketones is 1. The van der Waals surface area contributed by atoms with Gasteiger partial charge in [0.15, 0.2) is 0 Å². The van der Waals surface area contributed by atoms with Gasteiger partial charge in [-0.2, -0.15) is 0 Å². The monoisotopic (exact) mass is 280 g/mol. The molecular weight excluding hydrogens is 243 g/mol. The summed E-state index contributed by atoms with van der Waals surface area (Å²) in [6, 6.07) is 0. The van der Waals surface area contributed by atoms with E-state index in [-0.39, 0.29) is 11.2 Å². The van der Waals surface area contributed by atoms with Gasteiger partial charge in [-0.05, 0) is 18.7 Å². The minimum Gasteiger partial charge on any atom is -0.300 e. The van der Waals surface area contributed by atoms with Gasteiger partial charge >= 0.3 is 0 Å². The van der Waals surface area contributed by atoms with Crippen molar-refractivity contribution in [2.75, 3.05) is 0 Å². The molecule has 0 aliphatic carbocycles. The van der Waals surface area contributed by atoms with Gasteiger partial charge in [-0.1, -0.05) is 85.5 Å². The van der Waals surface area contributed by atoms with Crippen LogP contribution in [0, 0.1) is 5.41 Å². The molecule has 0 aromatic rings. The van der Waals surface area contributed by atoms with Gasteiger partial charge in [0.25, 0.3) is 0 Å². The van der Waals surface area contributed by atoms with Crippen molar-refractivity contribution in [1.29, 1.82) is 0 Å². The highest BCUT2D eigenvalue weighted by Crippen LogP contribution is 2.35. The van der Waals surface area contributed by atoms with Crippen LogP contribution in [-0.2, 0) is 4.79 Å². The van der Waals surface area contributed by atoms with Crippen LogP contribution in [0.25, 0.3) is 0 Å². The van der Waals surface area contributed by atoms with Crippen molar-refractivity contribution in [1.82, 2.24) is 0 Å². The molecule has 2 unspecified atom stereocenters. The molecule has 0 amide bonds. The molecule has 0 spiro atoms. The zero-order valence-corrected chi connectivity index (χ0v) is 14.8. The maximum atomic E-state index is 12.5. The van der Waals surface area contributed by atoms with E-state index < -0.39 is 0 Å². The summed E-state index contributed by atoms with van der Waals surface area (Å²) in [5.41, 5.74) is -0.0614. The maximum Gasteiger partial charge on any atom is 0.133 e. The van der Waals surface area contributed by atoms with Gasteiger partial charge in [-0.3, -0.25) is 4.79 Å². The molecule has 1 nitrogen and oxygen atoms in total. The van der Waals surface area contributed by atoms with Crippen LogP contribution >= 0.6 is 0 Å². The summed E-state index contributed by atoms with van der Waals surface area (Å²) in [4.78, 5) is 12.5. The van der Waals surface area contributed by atoms with Gasteiger partial charge < -0.3 is 0 Å². The lowest BCUT2D eigenvalue weighted by molar-refractivity contribution is -0.128. The van der Waals surface area contributed by atoms with Crippen LogP contribution in [0.1, 0.15) is 98.3 Å². The van der Waals surface area contributed by atoms with E-state index in [2.05, 4.69) is 35.5 Å². The van der Waals surface area contributed by atoms with Gasteiger partial charge in [-0.15, -0.1) is 0 Å². The minimum absolute atomic E-state index is 0.0614. The Kier molecular flexibility index (Phi) is 11.2. The van der Waals surface area contributed by atoms with Crippen molar-refractivity contribution in [3.8, 4) is 0 Å². The molecule has 0 saturated carbocycles. The van der Waals surface area contributed by atoms with Gasteiger partial charge in [0.1, 0.15) is 13.6 Å². The van der Waals surface area contributed by atoms with E-state index in [4.69, 9.17) is 0 Å². The molecule has 118 valence electrons. The summed E-state index contributed by atoms with van der Waals surface area (Å²) in [7, 11) is 2.06. The molecule has 20 heavy (non-hydrogen) atoms. The van der Waals surface area contributed by atoms with Crippen LogP contribution in [0.4, 0.5) is 0 Å². The summed E-state index contributed by atoms with van der Waals surface area (Å²) >= 11 is 0. The molecule has 0 radical (unpaired) electrons. The third kappa shape index (κ3) is 8.12. The second kappa shape index (κ2) is 11.4. The van der Waals surface area contributed by atoms with E-state index in [0.717, 1.165) is 12.8 Å². The quantitative estimate of drug-likeness (QED) is 0.329. The van der Waals surface area contributed by atoms with E-state index in [1.165, 1.54) is 57.8 Å². The van der Waals surface area contributed by atoms with Gasteiger partial charge in [0, 0.05) is 5.41 Å². The topological polar surface area (TPSA) is 17.1 Å². The number of rotatable bonds is 13. The van der Waals surface area contributed by atoms with Crippen LogP contribution in [0.5, 0.6) is 0 Å². The van der Waals surface area contributed by atoms with Crippen molar-refractivity contribution in [2.24, 2.45) is 5.41 Å². The molecule has 0 rings (SSSR count). The number of Topliss-reactive ketones (excluding diaryl/α,β-unsaturated/α-hetero) is 1. The van der Waals surface area contributed by atoms with Gasteiger partial charge in [-0.25, -0.2) is 0 Å². The second-order valence-corrected chi connectivity index (χ2v) is 7.05. The Morgan fingerprint density at radius 2 is 1.30 bits per heavy atom. The molecule has 0 N–H and O–H groups in total. The van der Waals surface area contributed by atoms with Crippen molar-refractivity contribution in [3.05, 3.63) is 0 Å². The van der Waals surface area contributed by atoms with Gasteiger partial charge in [0.2, 0.25) is 0 Å². The lowest BCUT2D eigenvalue weighted by Gasteiger charge is -2.30. The molecule has 0 aromatic heterocycles. The fourth-order valence-electron chi connectivity index (χ4n) is 3.13. The molecule has 0 aliphatic heterocycles. The summed E-state index contributed by atoms with van der Waals surface area (Å²) in [6.45, 7) is 8.77. The fourth-order valence-corrected chi connectivity index (χ4v) is 3.13. The summed E-state index contributed by atoms with van der Waals surface area (Å²) in [6.07, 6.45) is 13.8. The number of unbranched alkanes of at least 4 members (excludes halogenated alkanes) is 7. The Morgan fingerprint density at radius 1 is 0.900 bits per heavy atom. The predicted molar refractivity (Wildman–Crippen MR) is 93.2 cm³/mol. The Balaban J connectivity index is 4.27. The van der Waals surface area contributed by atoms with E-state index in [1.807, 2.05) is 0 Å². The number of carbonyl (C=O) groups is 1. The Labute approximate surface area is 128 Å². The van der Waals surface area contributed by atoms with Crippen LogP contribution in [0.15, 0.2) is 0 Å². The van der Waals surface area contributed by atoms with E-state index in [1.54, 1.807) is 0 Å². The average Bonchev–Trinajstić information content (AvgIpc) is 2.42. The highest BCUT2D eigenvalue weighted by molar-refractivity contribution is 6.24. The van der Waals surface area contributed by atoms with Crippen LogP contribution in [-0.4, -0.2) is 13.6 Å². The third-order valence-corrected chi connectivity index (χ3v) is 4.53. The Morgan fingerprint density at radius 3 is 1.70 bits per heavy atom. The maximum absolute atomic E-state index is 12.5. The first-order valence-electron chi connectivity index (χ1n) is 9.02. The van der Waals surface area contributed by atoms with Crippen LogP contribution in [0.3, 0.4) is 0 Å². The predicted octanol–water partition coefficient (Wildman–Crippen LogP) is 5.33. The van der Waals surface area contributed by atoms with E-state index in [0.29, 0.717) is 5.78 Å². The zero-order valence-electron chi connectivity index (χ0n) is 14.8. The normalized spacial score (nSPS) is 15.8. The Hall–Kier alpha value is -0.265. The SMILES string of the molecule is BC(C)C(=O)C(C)(CCCCCC)CCCCCCC. The van der Waals surface area contributed by atoms with Crippen molar-refractivity contribution in [2.45, 2.75) is 104 Å². The summed E-state index contributed by atoms with van der Waals surface area (Å²) in [5.74, 6) is 0.673. The highest BCUT2D eigenvalue weighted by Gasteiger charge is 2.33. The van der Waals surface area contributed by atoms with Crippen molar-refractivity contribution in [3.63, 3.8) is 0 Å². The molecule has 0 aliphatic rings. The molecule has 2 atom stereocenters. The average molecular weight is 280 g/mol.